The second kappa shape index (κ2) is 7.87. The standard InChI is InChI=1S/C22H23N5O2/c1-15-7-8-17(14-23-15)22(29)27-11-9-26(10-12-27)20-13-16(2)24-21(25-20)18-5-3-4-6-19(18)28/h3-8,13-14,28H,9-12H2,1-2H3. The van der Waals surface area contributed by atoms with Gasteiger partial charge in [0.1, 0.15) is 11.6 Å². The maximum Gasteiger partial charge on any atom is 0.255 e. The van der Waals surface area contributed by atoms with Gasteiger partial charge in [-0.1, -0.05) is 12.1 Å². The number of aromatic hydroxyl groups is 1. The molecule has 0 atom stereocenters. The van der Waals surface area contributed by atoms with Gasteiger partial charge in [-0.2, -0.15) is 0 Å². The first-order valence-electron chi connectivity index (χ1n) is 9.62. The maximum atomic E-state index is 12.7. The summed E-state index contributed by atoms with van der Waals surface area (Å²) in [6.07, 6.45) is 1.64. The van der Waals surface area contributed by atoms with Crippen molar-refractivity contribution in [1.29, 1.82) is 0 Å². The second-order valence-electron chi connectivity index (χ2n) is 7.18. The van der Waals surface area contributed by atoms with Gasteiger partial charge in [-0.15, -0.1) is 0 Å². The summed E-state index contributed by atoms with van der Waals surface area (Å²) in [5.41, 5.74) is 2.95. The molecule has 1 amide bonds. The van der Waals surface area contributed by atoms with Crippen molar-refractivity contribution < 1.29 is 9.90 Å². The number of anilines is 1. The molecule has 1 saturated heterocycles. The quantitative estimate of drug-likeness (QED) is 0.742. The first-order chi connectivity index (χ1) is 14.0. The van der Waals surface area contributed by atoms with E-state index >= 15 is 0 Å². The SMILES string of the molecule is Cc1ccc(C(=O)N2CCN(c3cc(C)nc(-c4ccccc4O)n3)CC2)cn1. The molecule has 0 saturated carbocycles. The third kappa shape index (κ3) is 4.03. The number of carbonyl (C=O) groups is 1. The van der Waals surface area contributed by atoms with Crippen LogP contribution >= 0.6 is 0 Å². The first-order valence-corrected chi connectivity index (χ1v) is 9.62. The van der Waals surface area contributed by atoms with Crippen molar-refractivity contribution >= 4 is 11.7 Å². The molecular weight excluding hydrogens is 366 g/mol. The zero-order valence-corrected chi connectivity index (χ0v) is 16.5. The van der Waals surface area contributed by atoms with E-state index in [2.05, 4.69) is 19.9 Å². The van der Waals surface area contributed by atoms with Crippen LogP contribution in [0.5, 0.6) is 5.75 Å². The van der Waals surface area contributed by atoms with Crippen LogP contribution in [-0.2, 0) is 0 Å². The van der Waals surface area contributed by atoms with Gasteiger partial charge in [0, 0.05) is 49.8 Å². The number of hydrogen-bond donors (Lipinski definition) is 1. The Morgan fingerprint density at radius 1 is 0.966 bits per heavy atom. The molecule has 0 spiro atoms. The molecule has 0 bridgehead atoms. The average Bonchev–Trinajstić information content (AvgIpc) is 2.74. The average molecular weight is 389 g/mol. The summed E-state index contributed by atoms with van der Waals surface area (Å²) in [6, 6.07) is 12.7. The molecule has 2 aromatic heterocycles. The summed E-state index contributed by atoms with van der Waals surface area (Å²) in [4.78, 5) is 30.1. The number of nitrogens with zero attached hydrogens (tertiary/aromatic N) is 5. The van der Waals surface area contributed by atoms with Crippen LogP contribution in [0.3, 0.4) is 0 Å². The molecule has 7 nitrogen and oxygen atoms in total. The Balaban J connectivity index is 1.49. The number of benzene rings is 1. The van der Waals surface area contributed by atoms with Crippen molar-refractivity contribution in [2.75, 3.05) is 31.1 Å². The molecule has 4 rings (SSSR count). The Morgan fingerprint density at radius 2 is 1.72 bits per heavy atom. The van der Waals surface area contributed by atoms with E-state index in [4.69, 9.17) is 0 Å². The van der Waals surface area contributed by atoms with E-state index in [1.54, 1.807) is 24.4 Å². The molecule has 29 heavy (non-hydrogen) atoms. The van der Waals surface area contributed by atoms with Gasteiger partial charge >= 0.3 is 0 Å². The van der Waals surface area contributed by atoms with Crippen molar-refractivity contribution in [2.45, 2.75) is 13.8 Å². The number of amides is 1. The highest BCUT2D eigenvalue weighted by Crippen LogP contribution is 2.28. The van der Waals surface area contributed by atoms with E-state index in [9.17, 15) is 9.90 Å². The van der Waals surface area contributed by atoms with Gasteiger partial charge in [-0.25, -0.2) is 9.97 Å². The molecule has 7 heteroatoms. The van der Waals surface area contributed by atoms with E-state index in [0.29, 0.717) is 43.1 Å². The lowest BCUT2D eigenvalue weighted by Gasteiger charge is -2.35. The van der Waals surface area contributed by atoms with Crippen LogP contribution in [0, 0.1) is 13.8 Å². The summed E-state index contributed by atoms with van der Waals surface area (Å²) in [5, 5.41) is 10.1. The van der Waals surface area contributed by atoms with Gasteiger partial charge in [0.25, 0.3) is 5.91 Å². The predicted octanol–water partition coefficient (Wildman–Crippen LogP) is 2.82. The fraction of sp³-hybridized carbons (Fsp3) is 0.273. The monoisotopic (exact) mass is 389 g/mol. The number of rotatable bonds is 3. The predicted molar refractivity (Wildman–Crippen MR) is 111 cm³/mol. The van der Waals surface area contributed by atoms with Gasteiger partial charge in [0.15, 0.2) is 5.82 Å². The van der Waals surface area contributed by atoms with Crippen LogP contribution in [0.2, 0.25) is 0 Å². The van der Waals surface area contributed by atoms with Gasteiger partial charge in [0.2, 0.25) is 0 Å². The van der Waals surface area contributed by atoms with Crippen LogP contribution in [0.4, 0.5) is 5.82 Å². The molecule has 148 valence electrons. The molecule has 1 aliphatic heterocycles. The maximum absolute atomic E-state index is 12.7. The van der Waals surface area contributed by atoms with Crippen LogP contribution in [0.25, 0.3) is 11.4 Å². The minimum Gasteiger partial charge on any atom is -0.507 e. The lowest BCUT2D eigenvalue weighted by atomic mass is 10.2. The number of hydrogen-bond acceptors (Lipinski definition) is 6. The molecule has 3 heterocycles. The smallest absolute Gasteiger partial charge is 0.255 e. The normalized spacial score (nSPS) is 14.1. The number of pyridine rings is 1. The highest BCUT2D eigenvalue weighted by atomic mass is 16.3. The van der Waals surface area contributed by atoms with Crippen molar-refractivity contribution in [2.24, 2.45) is 0 Å². The molecule has 1 fully saturated rings. The minimum absolute atomic E-state index is 0.00548. The summed E-state index contributed by atoms with van der Waals surface area (Å²) in [5.74, 6) is 1.47. The van der Waals surface area contributed by atoms with Gasteiger partial charge in [-0.05, 0) is 38.1 Å². The van der Waals surface area contributed by atoms with Crippen LogP contribution in [0.1, 0.15) is 21.7 Å². The molecule has 0 unspecified atom stereocenters. The van der Waals surface area contributed by atoms with E-state index in [0.717, 1.165) is 17.2 Å². The van der Waals surface area contributed by atoms with Crippen molar-refractivity contribution in [3.05, 3.63) is 65.6 Å². The summed E-state index contributed by atoms with van der Waals surface area (Å²) in [6.45, 7) is 6.41. The minimum atomic E-state index is 0.00548. The van der Waals surface area contributed by atoms with E-state index in [1.807, 2.05) is 43.0 Å². The fourth-order valence-corrected chi connectivity index (χ4v) is 3.41. The zero-order valence-electron chi connectivity index (χ0n) is 16.5. The van der Waals surface area contributed by atoms with Crippen LogP contribution in [-0.4, -0.2) is 57.0 Å². The molecule has 0 radical (unpaired) electrons. The Hall–Kier alpha value is -3.48. The van der Waals surface area contributed by atoms with Gasteiger partial charge < -0.3 is 14.9 Å². The molecule has 1 N–H and O–H groups in total. The molecular formula is C22H23N5O2. The zero-order chi connectivity index (χ0) is 20.4. The molecule has 3 aromatic rings. The van der Waals surface area contributed by atoms with Crippen molar-refractivity contribution in [3.63, 3.8) is 0 Å². The molecule has 0 aliphatic carbocycles. The Kier molecular flexibility index (Phi) is 5.12. The largest absolute Gasteiger partial charge is 0.507 e. The summed E-state index contributed by atoms with van der Waals surface area (Å²) in [7, 11) is 0. The number of carbonyl (C=O) groups excluding carboxylic acids is 1. The second-order valence-corrected chi connectivity index (χ2v) is 7.18. The van der Waals surface area contributed by atoms with E-state index in [1.165, 1.54) is 0 Å². The number of phenols is 1. The fourth-order valence-electron chi connectivity index (χ4n) is 3.41. The number of aromatic nitrogens is 3. The Morgan fingerprint density at radius 3 is 2.41 bits per heavy atom. The lowest BCUT2D eigenvalue weighted by molar-refractivity contribution is 0.0746. The number of piperazine rings is 1. The molecule has 1 aromatic carbocycles. The number of aryl methyl sites for hydroxylation is 2. The van der Waals surface area contributed by atoms with E-state index in [-0.39, 0.29) is 11.7 Å². The van der Waals surface area contributed by atoms with Crippen LogP contribution in [0.15, 0.2) is 48.7 Å². The van der Waals surface area contributed by atoms with E-state index < -0.39 is 0 Å². The number of para-hydroxylation sites is 1. The molecule has 1 aliphatic rings. The Labute approximate surface area is 169 Å². The summed E-state index contributed by atoms with van der Waals surface area (Å²) < 4.78 is 0. The summed E-state index contributed by atoms with van der Waals surface area (Å²) >= 11 is 0. The Bertz CT molecular complexity index is 1030. The highest BCUT2D eigenvalue weighted by molar-refractivity contribution is 5.94. The third-order valence-corrected chi connectivity index (χ3v) is 5.03. The van der Waals surface area contributed by atoms with Gasteiger partial charge in [0.05, 0.1) is 11.1 Å². The van der Waals surface area contributed by atoms with Gasteiger partial charge in [-0.3, -0.25) is 9.78 Å². The number of phenolic OH excluding ortho intramolecular Hbond substituents is 1. The van der Waals surface area contributed by atoms with Crippen molar-refractivity contribution in [1.82, 2.24) is 19.9 Å². The van der Waals surface area contributed by atoms with Crippen molar-refractivity contribution in [3.8, 4) is 17.1 Å². The topological polar surface area (TPSA) is 82.5 Å². The highest BCUT2D eigenvalue weighted by Gasteiger charge is 2.24. The van der Waals surface area contributed by atoms with Crippen LogP contribution < -0.4 is 4.90 Å². The third-order valence-electron chi connectivity index (χ3n) is 5.03. The first kappa shape index (κ1) is 18.9. The lowest BCUT2D eigenvalue weighted by Crippen LogP contribution is -2.49.